The monoisotopic (exact) mass is 297 g/mol. The lowest BCUT2D eigenvalue weighted by Gasteiger charge is -2.00. The number of hydrogen-bond donors (Lipinski definition) is 0. The minimum atomic E-state index is -0.394. The fraction of sp³-hybridized carbons (Fsp3) is 0.333. The molecular weight excluding hydrogens is 286 g/mol. The summed E-state index contributed by atoms with van der Waals surface area (Å²) in [6.07, 6.45) is 1.58. The molecule has 0 unspecified atom stereocenters. The number of benzene rings is 1. The van der Waals surface area contributed by atoms with Crippen molar-refractivity contribution in [2.24, 2.45) is 0 Å². The summed E-state index contributed by atoms with van der Waals surface area (Å²) >= 11 is 7.01. The molecule has 0 aliphatic carbocycles. The van der Waals surface area contributed by atoms with E-state index in [4.69, 9.17) is 11.6 Å². The van der Waals surface area contributed by atoms with Crippen LogP contribution in [0.1, 0.15) is 17.0 Å². The third kappa shape index (κ3) is 3.27. The largest absolute Gasteiger partial charge is 0.279 e. The van der Waals surface area contributed by atoms with E-state index in [0.717, 1.165) is 23.4 Å². The van der Waals surface area contributed by atoms with Crippen LogP contribution in [0.4, 0.5) is 5.69 Å². The first kappa shape index (κ1) is 13.9. The Labute approximate surface area is 119 Å². The number of hydrogen-bond acceptors (Lipinski definition) is 5. The molecular formula is C12H12ClN3O2S. The first-order valence-corrected chi connectivity index (χ1v) is 7.10. The quantitative estimate of drug-likeness (QED) is 0.480. The van der Waals surface area contributed by atoms with E-state index in [2.05, 4.69) is 10.2 Å². The molecule has 2 rings (SSSR count). The van der Waals surface area contributed by atoms with E-state index in [1.54, 1.807) is 12.1 Å². The van der Waals surface area contributed by atoms with E-state index in [1.165, 1.54) is 17.4 Å². The van der Waals surface area contributed by atoms with Crippen LogP contribution in [-0.4, -0.2) is 21.0 Å². The van der Waals surface area contributed by atoms with Crippen LogP contribution in [0.2, 0.25) is 0 Å². The highest BCUT2D eigenvalue weighted by atomic mass is 35.5. The Hall–Kier alpha value is -1.53. The number of aromatic nitrogens is 2. The van der Waals surface area contributed by atoms with Gasteiger partial charge in [0.25, 0.3) is 5.69 Å². The number of aryl methyl sites for hydroxylation is 2. The third-order valence-corrected chi connectivity index (χ3v) is 3.85. The molecule has 19 heavy (non-hydrogen) atoms. The van der Waals surface area contributed by atoms with Gasteiger partial charge in [0, 0.05) is 18.4 Å². The van der Waals surface area contributed by atoms with Gasteiger partial charge in [-0.15, -0.1) is 21.8 Å². The van der Waals surface area contributed by atoms with Crippen molar-refractivity contribution in [2.75, 3.05) is 5.88 Å². The maximum Gasteiger partial charge on any atom is 0.279 e. The van der Waals surface area contributed by atoms with Gasteiger partial charge in [0.05, 0.1) is 10.5 Å². The van der Waals surface area contributed by atoms with E-state index in [-0.39, 0.29) is 5.69 Å². The third-order valence-electron chi connectivity index (χ3n) is 2.57. The zero-order chi connectivity index (χ0) is 13.8. The van der Waals surface area contributed by atoms with Crippen LogP contribution in [0.5, 0.6) is 0 Å². The van der Waals surface area contributed by atoms with E-state index in [9.17, 15) is 10.1 Å². The van der Waals surface area contributed by atoms with Gasteiger partial charge in [-0.1, -0.05) is 17.4 Å². The lowest BCUT2D eigenvalue weighted by Crippen LogP contribution is -1.92. The van der Waals surface area contributed by atoms with Gasteiger partial charge in [-0.25, -0.2) is 0 Å². The highest BCUT2D eigenvalue weighted by molar-refractivity contribution is 7.14. The van der Waals surface area contributed by atoms with Crippen molar-refractivity contribution in [2.45, 2.75) is 19.8 Å². The highest BCUT2D eigenvalue weighted by Crippen LogP contribution is 2.32. The van der Waals surface area contributed by atoms with E-state index >= 15 is 0 Å². The molecule has 0 aliphatic rings. The average molecular weight is 298 g/mol. The topological polar surface area (TPSA) is 68.9 Å². The maximum absolute atomic E-state index is 11.0. The van der Waals surface area contributed by atoms with Crippen molar-refractivity contribution in [3.8, 4) is 10.6 Å². The number of rotatable bonds is 5. The summed E-state index contributed by atoms with van der Waals surface area (Å²) in [7, 11) is 0. The molecule has 0 saturated heterocycles. The van der Waals surface area contributed by atoms with E-state index in [0.29, 0.717) is 16.5 Å². The van der Waals surface area contributed by atoms with Gasteiger partial charge in [0.15, 0.2) is 5.01 Å². The molecule has 0 saturated carbocycles. The molecule has 0 amide bonds. The highest BCUT2D eigenvalue weighted by Gasteiger charge is 2.18. The van der Waals surface area contributed by atoms with Crippen molar-refractivity contribution in [3.63, 3.8) is 0 Å². The maximum atomic E-state index is 11.0. The van der Waals surface area contributed by atoms with Crippen LogP contribution >= 0.6 is 22.9 Å². The molecule has 0 spiro atoms. The summed E-state index contributed by atoms with van der Waals surface area (Å²) < 4.78 is 0. The Morgan fingerprint density at radius 3 is 2.89 bits per heavy atom. The van der Waals surface area contributed by atoms with Crippen molar-refractivity contribution >= 4 is 28.6 Å². The molecule has 7 heteroatoms. The van der Waals surface area contributed by atoms with E-state index in [1.807, 2.05) is 6.92 Å². The summed E-state index contributed by atoms with van der Waals surface area (Å²) in [6.45, 7) is 1.89. The fourth-order valence-corrected chi connectivity index (χ4v) is 2.70. The molecule has 0 radical (unpaired) electrons. The van der Waals surface area contributed by atoms with Gasteiger partial charge in [-0.2, -0.15) is 0 Å². The Bertz CT molecular complexity index is 600. The lowest BCUT2D eigenvalue weighted by atomic mass is 10.1. The molecule has 1 aromatic carbocycles. The predicted molar refractivity (Wildman–Crippen MR) is 75.8 cm³/mol. The average Bonchev–Trinajstić information content (AvgIpc) is 2.84. The molecule has 1 aromatic heterocycles. The molecule has 100 valence electrons. The summed E-state index contributed by atoms with van der Waals surface area (Å²) in [5.74, 6) is 0.569. The Morgan fingerprint density at radius 1 is 1.42 bits per heavy atom. The van der Waals surface area contributed by atoms with Gasteiger partial charge in [-0.3, -0.25) is 10.1 Å². The van der Waals surface area contributed by atoms with Crippen LogP contribution in [0.25, 0.3) is 10.6 Å². The first-order valence-electron chi connectivity index (χ1n) is 5.75. The summed E-state index contributed by atoms with van der Waals surface area (Å²) in [5.41, 5.74) is 1.54. The summed E-state index contributed by atoms with van der Waals surface area (Å²) in [4.78, 5) is 10.6. The molecule has 0 N–H and O–H groups in total. The Morgan fingerprint density at radius 2 is 2.21 bits per heavy atom. The molecule has 0 atom stereocenters. The molecule has 0 fully saturated rings. The van der Waals surface area contributed by atoms with Crippen molar-refractivity contribution in [1.82, 2.24) is 10.2 Å². The van der Waals surface area contributed by atoms with Crippen molar-refractivity contribution in [1.29, 1.82) is 0 Å². The second-order valence-electron chi connectivity index (χ2n) is 4.07. The van der Waals surface area contributed by atoms with Crippen LogP contribution in [0, 0.1) is 17.0 Å². The first-order chi connectivity index (χ1) is 9.11. The smallest absolute Gasteiger partial charge is 0.258 e. The van der Waals surface area contributed by atoms with Gasteiger partial charge in [0.2, 0.25) is 0 Å². The molecule has 5 nitrogen and oxygen atoms in total. The van der Waals surface area contributed by atoms with Crippen LogP contribution in [0.15, 0.2) is 18.2 Å². The molecule has 0 bridgehead atoms. The van der Waals surface area contributed by atoms with Gasteiger partial charge in [-0.05, 0) is 25.0 Å². The van der Waals surface area contributed by atoms with Crippen LogP contribution in [0.3, 0.4) is 0 Å². The Balaban J connectivity index is 2.37. The SMILES string of the molecule is Cc1ccc([N+](=O)[O-])c(-c2nnc(CCCCl)s2)c1. The van der Waals surface area contributed by atoms with E-state index < -0.39 is 4.92 Å². The number of nitro groups is 1. The Kier molecular flexibility index (Phi) is 4.44. The second-order valence-corrected chi connectivity index (χ2v) is 5.51. The summed E-state index contributed by atoms with van der Waals surface area (Å²) in [5, 5.41) is 20.6. The second kappa shape index (κ2) is 6.08. The van der Waals surface area contributed by atoms with Crippen molar-refractivity contribution < 1.29 is 4.92 Å². The number of nitrogens with zero attached hydrogens (tertiary/aromatic N) is 3. The standard InChI is InChI=1S/C12H12ClN3O2S/c1-8-4-5-10(16(17)18)9(7-8)12-15-14-11(19-12)3-2-6-13/h4-5,7H,2-3,6H2,1H3. The molecule has 0 aliphatic heterocycles. The number of halogens is 1. The number of nitro benzene ring substituents is 1. The van der Waals surface area contributed by atoms with Gasteiger partial charge >= 0.3 is 0 Å². The zero-order valence-electron chi connectivity index (χ0n) is 10.3. The zero-order valence-corrected chi connectivity index (χ0v) is 11.9. The minimum absolute atomic E-state index is 0.0608. The normalized spacial score (nSPS) is 10.6. The van der Waals surface area contributed by atoms with Gasteiger partial charge in [0.1, 0.15) is 5.01 Å². The predicted octanol–water partition coefficient (Wildman–Crippen LogP) is 3.59. The van der Waals surface area contributed by atoms with Crippen molar-refractivity contribution in [3.05, 3.63) is 38.9 Å². The lowest BCUT2D eigenvalue weighted by molar-refractivity contribution is -0.384. The summed E-state index contributed by atoms with van der Waals surface area (Å²) in [6, 6.07) is 4.99. The molecule has 2 aromatic rings. The van der Waals surface area contributed by atoms with Gasteiger partial charge < -0.3 is 0 Å². The fourth-order valence-electron chi connectivity index (χ4n) is 1.66. The van der Waals surface area contributed by atoms with Crippen LogP contribution in [-0.2, 0) is 6.42 Å². The van der Waals surface area contributed by atoms with Crippen LogP contribution < -0.4 is 0 Å². The minimum Gasteiger partial charge on any atom is -0.258 e. The number of alkyl halides is 1. The molecule has 1 heterocycles.